The monoisotopic (exact) mass is 327 g/mol. The molecule has 7 nitrogen and oxygen atoms in total. The van der Waals surface area contributed by atoms with E-state index in [9.17, 15) is 5.11 Å². The number of nitrogens with zero attached hydrogens (tertiary/aromatic N) is 4. The van der Waals surface area contributed by atoms with Gasteiger partial charge in [0.25, 0.3) is 5.78 Å². The van der Waals surface area contributed by atoms with Crippen LogP contribution < -0.4 is 5.32 Å². The lowest BCUT2D eigenvalue weighted by molar-refractivity contribution is 0.158. The maximum atomic E-state index is 10.5. The van der Waals surface area contributed by atoms with Crippen molar-refractivity contribution in [3.05, 3.63) is 54.0 Å². The van der Waals surface area contributed by atoms with Gasteiger partial charge < -0.3 is 15.2 Å². The highest BCUT2D eigenvalue weighted by Crippen LogP contribution is 2.15. The molecule has 3 rings (SSSR count). The summed E-state index contributed by atoms with van der Waals surface area (Å²) in [6, 6.07) is 11.6. The fourth-order valence-corrected chi connectivity index (χ4v) is 2.55. The molecule has 0 amide bonds. The summed E-state index contributed by atoms with van der Waals surface area (Å²) in [7, 11) is 1.62. The third-order valence-electron chi connectivity index (χ3n) is 3.84. The lowest BCUT2D eigenvalue weighted by atomic mass is 10.0. The minimum absolute atomic E-state index is 0.171. The molecular formula is C17H21N5O2. The fourth-order valence-electron chi connectivity index (χ4n) is 2.55. The summed E-state index contributed by atoms with van der Waals surface area (Å²) in [5.41, 5.74) is 1.85. The Morgan fingerprint density at radius 3 is 2.83 bits per heavy atom. The number of aromatic nitrogens is 4. The zero-order chi connectivity index (χ0) is 16.9. The number of anilines is 1. The predicted molar refractivity (Wildman–Crippen MR) is 90.7 cm³/mol. The number of aliphatic hydroxyl groups excluding tert-OH is 1. The first-order chi connectivity index (χ1) is 11.7. The minimum atomic E-state index is -0.537. The van der Waals surface area contributed by atoms with Gasteiger partial charge in [-0.2, -0.15) is 14.6 Å². The van der Waals surface area contributed by atoms with Gasteiger partial charge in [0.15, 0.2) is 0 Å². The van der Waals surface area contributed by atoms with Crippen LogP contribution in [0.3, 0.4) is 0 Å². The van der Waals surface area contributed by atoms with E-state index < -0.39 is 6.10 Å². The molecule has 0 aliphatic carbocycles. The molecule has 0 saturated carbocycles. The van der Waals surface area contributed by atoms with Gasteiger partial charge in [0.05, 0.1) is 24.4 Å². The number of methoxy groups -OCH3 is 1. The van der Waals surface area contributed by atoms with Crippen molar-refractivity contribution in [1.29, 1.82) is 0 Å². The third kappa shape index (κ3) is 3.69. The molecule has 24 heavy (non-hydrogen) atoms. The molecule has 126 valence electrons. The van der Waals surface area contributed by atoms with Crippen LogP contribution in [0.25, 0.3) is 5.78 Å². The number of fused-ring (bicyclic) bond motifs is 1. The first-order valence-corrected chi connectivity index (χ1v) is 7.84. The average molecular weight is 327 g/mol. The molecule has 0 radical (unpaired) electrons. The molecular weight excluding hydrogens is 306 g/mol. The van der Waals surface area contributed by atoms with Gasteiger partial charge in [-0.1, -0.05) is 30.3 Å². The van der Waals surface area contributed by atoms with Crippen LogP contribution in [0.4, 0.5) is 5.82 Å². The highest BCUT2D eigenvalue weighted by molar-refractivity contribution is 5.45. The molecule has 1 aromatic carbocycles. The number of rotatable bonds is 7. The normalized spacial score (nSPS) is 13.8. The Bertz CT molecular complexity index is 790. The Morgan fingerprint density at radius 2 is 2.08 bits per heavy atom. The van der Waals surface area contributed by atoms with E-state index in [1.165, 1.54) is 6.33 Å². The first kappa shape index (κ1) is 16.4. The van der Waals surface area contributed by atoms with E-state index in [2.05, 4.69) is 20.4 Å². The van der Waals surface area contributed by atoms with Crippen LogP contribution in [0.15, 0.2) is 42.7 Å². The molecule has 2 atom stereocenters. The van der Waals surface area contributed by atoms with E-state index >= 15 is 0 Å². The second-order valence-corrected chi connectivity index (χ2v) is 5.73. The fraction of sp³-hybridized carbons (Fsp3) is 0.353. The average Bonchev–Trinajstić information content (AvgIpc) is 3.05. The maximum absolute atomic E-state index is 10.5. The smallest absolute Gasteiger partial charge is 0.254 e. The molecule has 0 saturated heterocycles. The van der Waals surface area contributed by atoms with Crippen molar-refractivity contribution >= 4 is 11.6 Å². The van der Waals surface area contributed by atoms with Gasteiger partial charge in [-0.15, -0.1) is 0 Å². The summed E-state index contributed by atoms with van der Waals surface area (Å²) in [6.45, 7) is 2.33. The lowest BCUT2D eigenvalue weighted by Gasteiger charge is -2.22. The molecule has 2 N–H and O–H groups in total. The van der Waals surface area contributed by atoms with Crippen molar-refractivity contribution in [1.82, 2.24) is 19.6 Å². The van der Waals surface area contributed by atoms with E-state index in [4.69, 9.17) is 4.74 Å². The summed E-state index contributed by atoms with van der Waals surface area (Å²) in [4.78, 5) is 8.49. The Hall–Kier alpha value is -2.51. The van der Waals surface area contributed by atoms with Crippen molar-refractivity contribution < 1.29 is 9.84 Å². The zero-order valence-corrected chi connectivity index (χ0v) is 13.8. The first-order valence-electron chi connectivity index (χ1n) is 7.84. The number of hydrogen-bond donors (Lipinski definition) is 2. The number of nitrogens with one attached hydrogen (secondary N) is 1. The molecule has 0 fully saturated rings. The number of benzene rings is 1. The van der Waals surface area contributed by atoms with Crippen LogP contribution in [0.1, 0.15) is 18.2 Å². The van der Waals surface area contributed by atoms with E-state index in [-0.39, 0.29) is 6.04 Å². The number of hydrogen-bond acceptors (Lipinski definition) is 6. The van der Waals surface area contributed by atoms with E-state index in [1.807, 2.05) is 43.3 Å². The van der Waals surface area contributed by atoms with Gasteiger partial charge >= 0.3 is 0 Å². The molecule has 3 aromatic rings. The highest BCUT2D eigenvalue weighted by atomic mass is 16.5. The van der Waals surface area contributed by atoms with E-state index in [0.717, 1.165) is 17.1 Å². The molecule has 0 aliphatic rings. The minimum Gasteiger partial charge on any atom is -0.391 e. The van der Waals surface area contributed by atoms with Gasteiger partial charge in [0.1, 0.15) is 12.1 Å². The topological polar surface area (TPSA) is 84.6 Å². The Balaban J connectivity index is 1.76. The summed E-state index contributed by atoms with van der Waals surface area (Å²) in [5, 5.41) is 18.0. The second kappa shape index (κ2) is 7.37. The van der Waals surface area contributed by atoms with Crippen LogP contribution >= 0.6 is 0 Å². The molecule has 0 bridgehead atoms. The van der Waals surface area contributed by atoms with Gasteiger partial charge in [-0.3, -0.25) is 0 Å². The summed E-state index contributed by atoms with van der Waals surface area (Å²) in [6.07, 6.45) is 1.49. The van der Waals surface area contributed by atoms with E-state index in [1.54, 1.807) is 11.6 Å². The largest absolute Gasteiger partial charge is 0.391 e. The standard InChI is InChI=1S/C17H21N5O2/c1-12(15(23)8-13-6-4-3-5-7-13)20-16-9-14(10-24-2)21-17-18-11-19-22(16)17/h3-7,9,11-12,15,20,23H,8,10H2,1-2H3. The third-order valence-corrected chi connectivity index (χ3v) is 3.84. The summed E-state index contributed by atoms with van der Waals surface area (Å²) >= 11 is 0. The van der Waals surface area contributed by atoms with Crippen molar-refractivity contribution in [2.24, 2.45) is 0 Å². The van der Waals surface area contributed by atoms with Crippen molar-refractivity contribution in [2.45, 2.75) is 32.1 Å². The van der Waals surface area contributed by atoms with E-state index in [0.29, 0.717) is 18.8 Å². The Labute approximate surface area is 140 Å². The Morgan fingerprint density at radius 1 is 1.29 bits per heavy atom. The SMILES string of the molecule is COCc1cc(NC(C)C(O)Cc2ccccc2)n2ncnc2n1. The number of aliphatic hydroxyl groups is 1. The molecule has 7 heteroatoms. The van der Waals surface area contributed by atoms with Crippen molar-refractivity contribution in [2.75, 3.05) is 12.4 Å². The lowest BCUT2D eigenvalue weighted by Crippen LogP contribution is -2.33. The number of ether oxygens (including phenoxy) is 1. The molecule has 2 aromatic heterocycles. The van der Waals surface area contributed by atoms with Crippen LogP contribution in [0.2, 0.25) is 0 Å². The van der Waals surface area contributed by atoms with Gasteiger partial charge in [-0.25, -0.2) is 4.98 Å². The zero-order valence-electron chi connectivity index (χ0n) is 13.8. The summed E-state index contributed by atoms with van der Waals surface area (Å²) < 4.78 is 6.76. The van der Waals surface area contributed by atoms with Crippen molar-refractivity contribution in [3.8, 4) is 0 Å². The molecule has 2 unspecified atom stereocenters. The quantitative estimate of drug-likeness (QED) is 0.687. The molecule has 0 spiro atoms. The molecule has 0 aliphatic heterocycles. The van der Waals surface area contributed by atoms with Crippen LogP contribution in [0, 0.1) is 0 Å². The molecule has 2 heterocycles. The highest BCUT2D eigenvalue weighted by Gasteiger charge is 2.17. The van der Waals surface area contributed by atoms with Gasteiger partial charge in [-0.05, 0) is 12.5 Å². The Kier molecular flexibility index (Phi) is 5.02. The summed E-state index contributed by atoms with van der Waals surface area (Å²) in [5.74, 6) is 1.22. The van der Waals surface area contributed by atoms with Crippen molar-refractivity contribution in [3.63, 3.8) is 0 Å². The van der Waals surface area contributed by atoms with Crippen LogP contribution in [-0.2, 0) is 17.8 Å². The van der Waals surface area contributed by atoms with Crippen LogP contribution in [-0.4, -0.2) is 43.9 Å². The van der Waals surface area contributed by atoms with Crippen LogP contribution in [0.5, 0.6) is 0 Å². The maximum Gasteiger partial charge on any atom is 0.254 e. The second-order valence-electron chi connectivity index (χ2n) is 5.73. The van der Waals surface area contributed by atoms with Gasteiger partial charge in [0, 0.05) is 19.6 Å². The van der Waals surface area contributed by atoms with Gasteiger partial charge in [0.2, 0.25) is 0 Å². The predicted octanol–water partition coefficient (Wildman–Crippen LogP) is 1.67.